The van der Waals surface area contributed by atoms with Crippen molar-refractivity contribution < 1.29 is 24.5 Å². The first kappa shape index (κ1) is 15.4. The number of aliphatic hydroxyl groups is 1. The maximum atomic E-state index is 9.94. The van der Waals surface area contributed by atoms with Crippen molar-refractivity contribution in [1.29, 1.82) is 0 Å². The van der Waals surface area contributed by atoms with E-state index in [1.807, 2.05) is 6.92 Å². The van der Waals surface area contributed by atoms with Gasteiger partial charge in [-0.15, -0.1) is 0 Å². The molecule has 0 saturated heterocycles. The van der Waals surface area contributed by atoms with Crippen LogP contribution >= 0.6 is 0 Å². The van der Waals surface area contributed by atoms with Crippen molar-refractivity contribution in [2.24, 2.45) is 0 Å². The van der Waals surface area contributed by atoms with Crippen LogP contribution in [0.1, 0.15) is 33.1 Å². The second-order valence-corrected chi connectivity index (χ2v) is 2.46. The van der Waals surface area contributed by atoms with Gasteiger partial charge in [0.15, 0.2) is 0 Å². The van der Waals surface area contributed by atoms with Gasteiger partial charge in [-0.25, -0.2) is 4.79 Å². The average Bonchev–Trinajstić information content (AvgIpc) is 2.16. The van der Waals surface area contributed by atoms with Gasteiger partial charge in [-0.3, -0.25) is 4.79 Å². The fraction of sp³-hybridized carbons (Fsp3) is 0.778. The van der Waals surface area contributed by atoms with Crippen molar-refractivity contribution in [1.82, 2.24) is 0 Å². The molecule has 0 aromatic heterocycles. The first-order chi connectivity index (χ1) is 6.58. The molecule has 84 valence electrons. The van der Waals surface area contributed by atoms with E-state index in [4.69, 9.17) is 10.2 Å². The first-order valence-corrected chi connectivity index (χ1v) is 4.56. The van der Waals surface area contributed by atoms with Gasteiger partial charge in [0.1, 0.15) is 6.61 Å². The molecular weight excluding hydrogens is 188 g/mol. The van der Waals surface area contributed by atoms with Crippen molar-refractivity contribution in [3.63, 3.8) is 0 Å². The van der Waals surface area contributed by atoms with Crippen LogP contribution in [0.5, 0.6) is 0 Å². The van der Waals surface area contributed by atoms with Crippen molar-refractivity contribution in [2.75, 3.05) is 13.2 Å². The topological polar surface area (TPSA) is 83.8 Å². The summed E-state index contributed by atoms with van der Waals surface area (Å²) in [5.41, 5.74) is 0. The summed E-state index contributed by atoms with van der Waals surface area (Å²) in [6.45, 7) is 3.48. The van der Waals surface area contributed by atoms with E-state index in [1.54, 1.807) is 6.92 Å². The fourth-order valence-electron chi connectivity index (χ4n) is 0.535. The van der Waals surface area contributed by atoms with Gasteiger partial charge in [0, 0.05) is 6.42 Å². The number of carbonyl (C=O) groups is 2. The monoisotopic (exact) mass is 206 g/mol. The van der Waals surface area contributed by atoms with E-state index in [2.05, 4.69) is 4.74 Å². The molecule has 0 unspecified atom stereocenters. The Balaban J connectivity index is 0. The lowest BCUT2D eigenvalue weighted by Crippen LogP contribution is -2.07. The molecule has 0 aliphatic heterocycles. The maximum Gasteiger partial charge on any atom is 0.331 e. The summed E-state index contributed by atoms with van der Waals surface area (Å²) in [5, 5.41) is 16.0. The third-order valence-corrected chi connectivity index (χ3v) is 1.18. The summed E-state index contributed by atoms with van der Waals surface area (Å²) in [5.74, 6) is -1.26. The number of aliphatic carboxylic acids is 1. The van der Waals surface area contributed by atoms with Gasteiger partial charge < -0.3 is 14.9 Å². The van der Waals surface area contributed by atoms with Gasteiger partial charge in [-0.1, -0.05) is 13.3 Å². The lowest BCUT2D eigenvalue weighted by Gasteiger charge is -1.93. The van der Waals surface area contributed by atoms with Crippen LogP contribution in [-0.4, -0.2) is 35.4 Å². The molecule has 5 nitrogen and oxygen atoms in total. The number of carbonyl (C=O) groups excluding carboxylic acids is 1. The van der Waals surface area contributed by atoms with Gasteiger partial charge in [0.25, 0.3) is 0 Å². The summed E-state index contributed by atoms with van der Waals surface area (Å²) >= 11 is 0. The molecular formula is C9H18O5. The highest BCUT2D eigenvalue weighted by molar-refractivity contribution is 5.70. The Morgan fingerprint density at radius 3 is 2.00 bits per heavy atom. The molecule has 0 radical (unpaired) electrons. The van der Waals surface area contributed by atoms with E-state index in [0.717, 1.165) is 12.8 Å². The molecule has 0 saturated carbocycles. The fourth-order valence-corrected chi connectivity index (χ4v) is 0.535. The predicted octanol–water partition coefficient (Wildman–Crippen LogP) is 0.803. The van der Waals surface area contributed by atoms with E-state index < -0.39 is 18.5 Å². The molecule has 0 aromatic carbocycles. The molecule has 0 aromatic rings. The molecule has 14 heavy (non-hydrogen) atoms. The largest absolute Gasteiger partial charge is 0.481 e. The molecule has 0 rings (SSSR count). The zero-order valence-corrected chi connectivity index (χ0v) is 8.65. The van der Waals surface area contributed by atoms with Crippen LogP contribution in [0.3, 0.4) is 0 Å². The second kappa shape index (κ2) is 11.9. The number of ether oxygens (including phenoxy) is 1. The van der Waals surface area contributed by atoms with Gasteiger partial charge in [0.05, 0.1) is 6.61 Å². The number of rotatable bonds is 5. The first-order valence-electron chi connectivity index (χ1n) is 4.56. The zero-order valence-electron chi connectivity index (χ0n) is 8.65. The minimum atomic E-state index is -0.693. The summed E-state index contributed by atoms with van der Waals surface area (Å²) in [4.78, 5) is 19.7. The van der Waals surface area contributed by atoms with E-state index in [0.29, 0.717) is 13.0 Å². The highest BCUT2D eigenvalue weighted by Crippen LogP contribution is 1.91. The summed E-state index contributed by atoms with van der Waals surface area (Å²) in [6, 6.07) is 0. The smallest absolute Gasteiger partial charge is 0.331 e. The highest BCUT2D eigenvalue weighted by Gasteiger charge is 1.92. The SMILES string of the molecule is CCCCC(=O)O.CCOC(=O)CO. The third-order valence-electron chi connectivity index (χ3n) is 1.18. The summed E-state index contributed by atoms with van der Waals surface area (Å²) in [6.07, 6.45) is 2.08. The van der Waals surface area contributed by atoms with Crippen molar-refractivity contribution in [3.8, 4) is 0 Å². The normalized spacial score (nSPS) is 8.50. The Bertz CT molecular complexity index is 155. The highest BCUT2D eigenvalue weighted by atomic mass is 16.5. The number of carboxylic acid groups (broad SMARTS) is 1. The predicted molar refractivity (Wildman–Crippen MR) is 50.9 cm³/mol. The molecule has 0 heterocycles. The number of unbranched alkanes of at least 4 members (excludes halogenated alkanes) is 1. The van der Waals surface area contributed by atoms with E-state index in [9.17, 15) is 9.59 Å². The van der Waals surface area contributed by atoms with Crippen molar-refractivity contribution >= 4 is 11.9 Å². The molecule has 5 heteroatoms. The minimum absolute atomic E-state index is 0.316. The second-order valence-electron chi connectivity index (χ2n) is 2.46. The number of esters is 1. The minimum Gasteiger partial charge on any atom is -0.481 e. The molecule has 0 bridgehead atoms. The average molecular weight is 206 g/mol. The molecule has 0 fully saturated rings. The maximum absolute atomic E-state index is 9.94. The number of aliphatic hydroxyl groups excluding tert-OH is 1. The van der Waals surface area contributed by atoms with Gasteiger partial charge in [-0.05, 0) is 13.3 Å². The van der Waals surface area contributed by atoms with Gasteiger partial charge >= 0.3 is 11.9 Å². The van der Waals surface area contributed by atoms with Crippen LogP contribution in [0.15, 0.2) is 0 Å². The molecule has 0 spiro atoms. The van der Waals surface area contributed by atoms with Crippen LogP contribution in [0, 0.1) is 0 Å². The molecule has 0 atom stereocenters. The lowest BCUT2D eigenvalue weighted by atomic mass is 10.3. The molecule has 0 amide bonds. The molecule has 2 N–H and O–H groups in total. The molecule has 0 aliphatic rings. The Morgan fingerprint density at radius 2 is 1.86 bits per heavy atom. The van der Waals surface area contributed by atoms with Crippen LogP contribution < -0.4 is 0 Å². The van der Waals surface area contributed by atoms with Crippen LogP contribution in [0.4, 0.5) is 0 Å². The van der Waals surface area contributed by atoms with Crippen LogP contribution in [0.2, 0.25) is 0 Å². The van der Waals surface area contributed by atoms with Gasteiger partial charge in [-0.2, -0.15) is 0 Å². The summed E-state index contributed by atoms with van der Waals surface area (Å²) < 4.78 is 4.30. The quantitative estimate of drug-likeness (QED) is 0.650. The third kappa shape index (κ3) is 17.1. The Kier molecular flexibility index (Phi) is 13.1. The summed E-state index contributed by atoms with van der Waals surface area (Å²) in [7, 11) is 0. The Labute approximate surface area is 83.7 Å². The van der Waals surface area contributed by atoms with E-state index in [1.165, 1.54) is 0 Å². The molecule has 0 aliphatic carbocycles. The van der Waals surface area contributed by atoms with E-state index in [-0.39, 0.29) is 0 Å². The zero-order chi connectivity index (χ0) is 11.4. The lowest BCUT2D eigenvalue weighted by molar-refractivity contribution is -0.146. The van der Waals surface area contributed by atoms with Crippen LogP contribution in [0.25, 0.3) is 0 Å². The Morgan fingerprint density at radius 1 is 1.29 bits per heavy atom. The van der Waals surface area contributed by atoms with Crippen LogP contribution in [-0.2, 0) is 14.3 Å². The number of hydrogen-bond acceptors (Lipinski definition) is 4. The van der Waals surface area contributed by atoms with Crippen molar-refractivity contribution in [2.45, 2.75) is 33.1 Å². The van der Waals surface area contributed by atoms with Crippen molar-refractivity contribution in [3.05, 3.63) is 0 Å². The standard InChI is InChI=1S/C5H10O2.C4H8O3/c1-2-3-4-5(6)7;1-2-7-4(6)3-5/h2-4H2,1H3,(H,6,7);5H,2-3H2,1H3. The number of carboxylic acids is 1. The number of hydrogen-bond donors (Lipinski definition) is 2. The Hall–Kier alpha value is -1.10. The van der Waals surface area contributed by atoms with Gasteiger partial charge in [0.2, 0.25) is 0 Å². The van der Waals surface area contributed by atoms with E-state index >= 15 is 0 Å².